The zero-order valence-corrected chi connectivity index (χ0v) is 6.34. The summed E-state index contributed by atoms with van der Waals surface area (Å²) < 4.78 is 28.3. The Hall–Kier alpha value is -0.610. The second-order valence-corrected chi connectivity index (χ2v) is 3.05. The van der Waals surface area contributed by atoms with Crippen LogP contribution in [0.4, 0.5) is 0 Å². The lowest BCUT2D eigenvalue weighted by Gasteiger charge is -1.84. The smallest absolute Gasteiger partial charge is 0.282 e. The molecule has 0 aromatic heterocycles. The van der Waals surface area contributed by atoms with E-state index in [1.54, 1.807) is 6.08 Å². The Morgan fingerprint density at radius 1 is 1.40 bits per heavy atom. The summed E-state index contributed by atoms with van der Waals surface area (Å²) in [6, 6.07) is 0. The van der Waals surface area contributed by atoms with Crippen LogP contribution >= 0.6 is 0 Å². The van der Waals surface area contributed by atoms with Crippen LogP contribution < -0.4 is 0 Å². The van der Waals surface area contributed by atoms with Crippen molar-refractivity contribution in [2.45, 2.75) is 12.8 Å². The van der Waals surface area contributed by atoms with Crippen molar-refractivity contribution in [3.05, 3.63) is 24.1 Å². The van der Waals surface area contributed by atoms with Gasteiger partial charge in [-0.05, 0) is 12.8 Å². The van der Waals surface area contributed by atoms with Gasteiger partial charge in [0, 0.05) is 0 Å². The lowest BCUT2D eigenvalue weighted by molar-refractivity contribution is 0.494. The van der Waals surface area contributed by atoms with E-state index >= 15 is 0 Å². The molecule has 3 nitrogen and oxygen atoms in total. The highest BCUT2D eigenvalue weighted by atomic mass is 32.2. The first-order valence-corrected chi connectivity index (χ1v) is 4.31. The number of unbranched alkanes of at least 4 members (excludes halogenated alkanes) is 1. The molecule has 0 aliphatic rings. The maximum atomic E-state index is 10.0. The van der Waals surface area contributed by atoms with E-state index in [1.165, 1.54) is 6.08 Å². The van der Waals surface area contributed by atoms with Crippen LogP contribution in [0.3, 0.4) is 0 Å². The fourth-order valence-electron chi connectivity index (χ4n) is 0.404. The third-order valence-corrected chi connectivity index (χ3v) is 1.34. The summed E-state index contributed by atoms with van der Waals surface area (Å²) in [6.45, 7) is 3.45. The average molecular weight is 162 g/mol. The van der Waals surface area contributed by atoms with E-state index in [0.29, 0.717) is 12.8 Å². The van der Waals surface area contributed by atoms with Crippen LogP contribution in [0.2, 0.25) is 0 Å². The van der Waals surface area contributed by atoms with Gasteiger partial charge < -0.3 is 0 Å². The zero-order valence-electron chi connectivity index (χ0n) is 5.53. The third-order valence-electron chi connectivity index (χ3n) is 0.806. The molecule has 10 heavy (non-hydrogen) atoms. The number of hydrogen-bond donors (Lipinski definition) is 1. The second kappa shape index (κ2) is 4.24. The molecule has 0 atom stereocenters. The Labute approximate surface area is 60.8 Å². The largest absolute Gasteiger partial charge is 0.287 e. The van der Waals surface area contributed by atoms with Gasteiger partial charge in [0.05, 0.1) is 5.41 Å². The molecular weight excluding hydrogens is 152 g/mol. The van der Waals surface area contributed by atoms with Gasteiger partial charge in [-0.3, -0.25) is 4.55 Å². The summed E-state index contributed by atoms with van der Waals surface area (Å²) in [5.74, 6) is 0. The van der Waals surface area contributed by atoms with Gasteiger partial charge in [-0.2, -0.15) is 8.42 Å². The summed E-state index contributed by atoms with van der Waals surface area (Å²) in [7, 11) is -3.92. The van der Waals surface area contributed by atoms with Gasteiger partial charge in [0.25, 0.3) is 10.1 Å². The van der Waals surface area contributed by atoms with Crippen LogP contribution in [0.15, 0.2) is 24.1 Å². The molecule has 0 aliphatic carbocycles. The second-order valence-electron chi connectivity index (χ2n) is 1.75. The van der Waals surface area contributed by atoms with Crippen molar-refractivity contribution >= 4 is 10.1 Å². The number of allylic oxidation sites excluding steroid dienone is 2. The highest BCUT2D eigenvalue weighted by molar-refractivity contribution is 7.88. The quantitative estimate of drug-likeness (QED) is 0.385. The normalized spacial score (nSPS) is 12.1. The summed E-state index contributed by atoms with van der Waals surface area (Å²) in [5, 5.41) is 0.774. The predicted molar refractivity (Wildman–Crippen MR) is 40.1 cm³/mol. The van der Waals surface area contributed by atoms with Crippen molar-refractivity contribution < 1.29 is 13.0 Å². The molecule has 0 spiro atoms. The van der Waals surface area contributed by atoms with E-state index in [9.17, 15) is 8.42 Å². The fraction of sp³-hybridized carbons (Fsp3) is 0.333. The van der Waals surface area contributed by atoms with Crippen molar-refractivity contribution in [1.29, 1.82) is 0 Å². The van der Waals surface area contributed by atoms with Crippen LogP contribution in [0, 0.1) is 0 Å². The van der Waals surface area contributed by atoms with Gasteiger partial charge in [0.2, 0.25) is 0 Å². The number of hydrogen-bond acceptors (Lipinski definition) is 2. The Morgan fingerprint density at radius 2 is 2.00 bits per heavy atom. The molecule has 0 saturated carbocycles. The third kappa shape index (κ3) is 7.39. The minimum atomic E-state index is -3.92. The Morgan fingerprint density at radius 3 is 2.40 bits per heavy atom. The molecule has 58 valence electrons. The highest BCUT2D eigenvalue weighted by Gasteiger charge is 1.92. The molecule has 0 aliphatic heterocycles. The van der Waals surface area contributed by atoms with Crippen molar-refractivity contribution in [3.8, 4) is 0 Å². The lowest BCUT2D eigenvalue weighted by atomic mass is 10.3. The van der Waals surface area contributed by atoms with E-state index in [4.69, 9.17) is 4.55 Å². The van der Waals surface area contributed by atoms with Crippen molar-refractivity contribution in [2.24, 2.45) is 0 Å². The molecule has 0 amide bonds. The van der Waals surface area contributed by atoms with Gasteiger partial charge in [0.15, 0.2) is 0 Å². The van der Waals surface area contributed by atoms with Gasteiger partial charge in [-0.1, -0.05) is 12.2 Å². The van der Waals surface area contributed by atoms with E-state index in [-0.39, 0.29) is 0 Å². The van der Waals surface area contributed by atoms with E-state index in [0.717, 1.165) is 5.41 Å². The molecule has 0 rings (SSSR count). The molecule has 0 heterocycles. The zero-order chi connectivity index (χ0) is 8.04. The first-order valence-electron chi connectivity index (χ1n) is 2.81. The predicted octanol–water partition coefficient (Wildman–Crippen LogP) is 1.35. The van der Waals surface area contributed by atoms with Crippen LogP contribution in [-0.2, 0) is 10.1 Å². The van der Waals surface area contributed by atoms with Gasteiger partial charge in [0.1, 0.15) is 0 Å². The lowest BCUT2D eigenvalue weighted by Crippen LogP contribution is -1.88. The van der Waals surface area contributed by atoms with Crippen molar-refractivity contribution in [1.82, 2.24) is 0 Å². The molecule has 0 unspecified atom stereocenters. The standard InChI is InChI=1S/C6H10O3S/c1-2-3-4-5-6-10(7,8)9/h2,5-6H,1,3-4H2,(H,7,8,9). The molecule has 4 heteroatoms. The summed E-state index contributed by atoms with van der Waals surface area (Å²) in [5.41, 5.74) is 0. The molecule has 0 saturated heterocycles. The minimum absolute atomic E-state index is 0.587. The maximum absolute atomic E-state index is 10.0. The van der Waals surface area contributed by atoms with E-state index in [2.05, 4.69) is 6.58 Å². The molecule has 0 bridgehead atoms. The first kappa shape index (κ1) is 9.39. The summed E-state index contributed by atoms with van der Waals surface area (Å²) >= 11 is 0. The Bertz CT molecular complexity index is 213. The average Bonchev–Trinajstić information content (AvgIpc) is 1.78. The monoisotopic (exact) mass is 162 g/mol. The van der Waals surface area contributed by atoms with Crippen LogP contribution in [0.1, 0.15) is 12.8 Å². The van der Waals surface area contributed by atoms with Crippen LogP contribution in [0.25, 0.3) is 0 Å². The molecule has 0 aromatic carbocycles. The summed E-state index contributed by atoms with van der Waals surface area (Å²) in [6.07, 6.45) is 4.36. The Kier molecular flexibility index (Phi) is 3.99. The number of rotatable bonds is 4. The van der Waals surface area contributed by atoms with E-state index in [1.807, 2.05) is 0 Å². The van der Waals surface area contributed by atoms with Crippen molar-refractivity contribution in [2.75, 3.05) is 0 Å². The summed E-state index contributed by atoms with van der Waals surface area (Å²) in [4.78, 5) is 0. The van der Waals surface area contributed by atoms with Gasteiger partial charge in [-0.25, -0.2) is 0 Å². The molecule has 0 radical (unpaired) electrons. The topological polar surface area (TPSA) is 54.4 Å². The first-order chi connectivity index (χ1) is 4.56. The van der Waals surface area contributed by atoms with Crippen LogP contribution in [0.5, 0.6) is 0 Å². The molecule has 0 fully saturated rings. The van der Waals surface area contributed by atoms with Crippen molar-refractivity contribution in [3.63, 3.8) is 0 Å². The highest BCUT2D eigenvalue weighted by Crippen LogP contribution is 1.93. The fourth-order valence-corrected chi connectivity index (χ4v) is 0.783. The van der Waals surface area contributed by atoms with Gasteiger partial charge in [-0.15, -0.1) is 6.58 Å². The molecule has 0 aromatic rings. The molecule has 1 N–H and O–H groups in total. The molecular formula is C6H10O3S. The van der Waals surface area contributed by atoms with E-state index < -0.39 is 10.1 Å². The van der Waals surface area contributed by atoms with Gasteiger partial charge >= 0.3 is 0 Å². The minimum Gasteiger partial charge on any atom is -0.282 e. The SMILES string of the molecule is C=CCCC=CS(=O)(=O)O. The maximum Gasteiger partial charge on any atom is 0.287 e. The Balaban J connectivity index is 3.68. The van der Waals surface area contributed by atoms with Crippen LogP contribution in [-0.4, -0.2) is 13.0 Å².